The van der Waals surface area contributed by atoms with Gasteiger partial charge in [-0.25, -0.2) is 0 Å². The van der Waals surface area contributed by atoms with Crippen LogP contribution in [0.15, 0.2) is 0 Å². The van der Waals surface area contributed by atoms with Crippen LogP contribution in [0.4, 0.5) is 0 Å². The van der Waals surface area contributed by atoms with E-state index in [2.05, 4.69) is 7.85 Å². The molecule has 4 heteroatoms. The second-order valence-electron chi connectivity index (χ2n) is 0. The predicted octanol–water partition coefficient (Wildman–Crippen LogP) is -0.986. The third-order valence-corrected chi connectivity index (χ3v) is 0. The fourth-order valence-corrected chi connectivity index (χ4v) is 0. The minimum absolute atomic E-state index is 0. The molecule has 0 atom stereocenters. The molecule has 0 aromatic rings. The van der Waals surface area contributed by atoms with E-state index in [-0.39, 0.29) is 56.1 Å². The summed E-state index contributed by atoms with van der Waals surface area (Å²) in [4.78, 5) is 0. The minimum Gasteiger partial charge on any atom is -0.0999 e. The van der Waals surface area contributed by atoms with E-state index < -0.39 is 0 Å². The van der Waals surface area contributed by atoms with Crippen molar-refractivity contribution in [3.05, 3.63) is 0 Å². The van der Waals surface area contributed by atoms with Gasteiger partial charge in [0.2, 0.25) is 0 Å². The Morgan fingerprint density at radius 3 is 1.20 bits per heavy atom. The maximum Gasteiger partial charge on any atom is 0.187 e. The van der Waals surface area contributed by atoms with Crippen LogP contribution in [0, 0.1) is 0 Å². The Balaban J connectivity index is -0.00000000167. The van der Waals surface area contributed by atoms with Crippen LogP contribution in [0.1, 0.15) is 0 Å². The number of rotatable bonds is 0. The molecular weight excluding hydrogens is 154 g/mol. The zero-order valence-electron chi connectivity index (χ0n) is 2.43. The summed E-state index contributed by atoms with van der Waals surface area (Å²) in [6.07, 6.45) is 0. The van der Waals surface area contributed by atoms with E-state index in [1.54, 1.807) is 0 Å². The Morgan fingerprint density at radius 2 is 1.20 bits per heavy atom. The van der Waals surface area contributed by atoms with Gasteiger partial charge in [-0.2, -0.15) is 0 Å². The van der Waals surface area contributed by atoms with Crippen molar-refractivity contribution in [3.8, 4) is 0 Å². The molecule has 0 nitrogen and oxygen atoms in total. The first-order valence-electron chi connectivity index (χ1n) is 0.577. The Labute approximate surface area is 70.4 Å². The summed E-state index contributed by atoms with van der Waals surface area (Å²) in [5, 5.41) is 0. The molecule has 0 heterocycles. The summed E-state index contributed by atoms with van der Waals surface area (Å²) < 4.78 is 0. The smallest absolute Gasteiger partial charge is 0.0999 e. The van der Waals surface area contributed by atoms with Gasteiger partial charge in [-0.3, -0.25) is 0 Å². The molecule has 28 valence electrons. The van der Waals surface area contributed by atoms with Crippen molar-refractivity contribution in [2.75, 3.05) is 0 Å². The van der Waals surface area contributed by atoms with Crippen LogP contribution in [-0.4, -0.2) is 25.2 Å². The van der Waals surface area contributed by atoms with Gasteiger partial charge in [0.25, 0.3) is 0 Å². The summed E-state index contributed by atoms with van der Waals surface area (Å²) in [6, 6.07) is 0. The van der Waals surface area contributed by atoms with Crippen molar-refractivity contribution in [2.45, 2.75) is 6.82 Å². The van der Waals surface area contributed by atoms with Crippen molar-refractivity contribution < 1.29 is 38.8 Å². The Hall–Kier alpha value is 1.83. The zero-order chi connectivity index (χ0) is 2.00. The Bertz CT molecular complexity index is 11.6. The van der Waals surface area contributed by atoms with Crippen LogP contribution in [0.3, 0.4) is 0 Å². The summed E-state index contributed by atoms with van der Waals surface area (Å²) in [6.45, 7) is 1.50. The normalized spacial score (nSPS) is 1.00. The van der Waals surface area contributed by atoms with Crippen LogP contribution < -0.4 is 0 Å². The molecule has 0 bridgehead atoms. The van der Waals surface area contributed by atoms with E-state index in [0.717, 1.165) is 0 Å². The quantitative estimate of drug-likeness (QED) is 0.399. The van der Waals surface area contributed by atoms with Gasteiger partial charge >= 0.3 is 0 Å². The molecule has 0 unspecified atom stereocenters. The predicted molar refractivity (Wildman–Crippen MR) is 21.6 cm³/mol. The van der Waals surface area contributed by atoms with Crippen LogP contribution in [-0.2, 0) is 38.8 Å². The van der Waals surface area contributed by atoms with Crippen LogP contribution in [0.5, 0.6) is 0 Å². The summed E-state index contributed by atoms with van der Waals surface area (Å²) in [5.74, 6) is 0. The average molecular weight is 160 g/mol. The van der Waals surface area contributed by atoms with Crippen LogP contribution in [0.2, 0.25) is 6.82 Å². The third-order valence-electron chi connectivity index (χ3n) is 0. The van der Waals surface area contributed by atoms with Crippen LogP contribution in [0.25, 0.3) is 0 Å². The van der Waals surface area contributed by atoms with Crippen molar-refractivity contribution in [2.24, 2.45) is 0 Å². The van der Waals surface area contributed by atoms with Gasteiger partial charge in [0.15, 0.2) is 17.4 Å². The molecule has 0 aromatic heterocycles. The minimum atomic E-state index is 0. The molecule has 0 saturated carbocycles. The molecule has 0 aliphatic heterocycles. The van der Waals surface area contributed by atoms with Gasteiger partial charge in [-0.15, -0.1) is 0 Å². The SMILES string of the molecule is [AlH3].[B]C.[Fe].[Ti]. The third kappa shape index (κ3) is 25.5. The maximum absolute atomic E-state index is 4.50. The maximum atomic E-state index is 4.50. The number of hydrogen-bond acceptors (Lipinski definition) is 0. The van der Waals surface area contributed by atoms with E-state index >= 15 is 0 Å². The van der Waals surface area contributed by atoms with E-state index in [0.29, 0.717) is 0 Å². The molecule has 0 fully saturated rings. The fraction of sp³-hybridized carbons (Fsp3) is 1.00. The van der Waals surface area contributed by atoms with E-state index in [9.17, 15) is 0 Å². The van der Waals surface area contributed by atoms with E-state index in [1.165, 1.54) is 6.82 Å². The van der Waals surface area contributed by atoms with Gasteiger partial charge in [-0.05, 0) is 0 Å². The van der Waals surface area contributed by atoms with Crippen molar-refractivity contribution in [1.82, 2.24) is 0 Å². The molecule has 0 spiro atoms. The average Bonchev–Trinajstić information content (AvgIpc) is 1.00. The Kier molecular flexibility index (Phi) is 235. The van der Waals surface area contributed by atoms with Gasteiger partial charge in [0.05, 0.1) is 7.85 Å². The second-order valence-corrected chi connectivity index (χ2v) is 0. The summed E-state index contributed by atoms with van der Waals surface area (Å²) in [5.41, 5.74) is 0. The first-order chi connectivity index (χ1) is 1.00. The molecule has 5 heavy (non-hydrogen) atoms. The summed E-state index contributed by atoms with van der Waals surface area (Å²) in [7, 11) is 4.50. The molecule has 0 N–H and O–H groups in total. The molecule has 0 amide bonds. The van der Waals surface area contributed by atoms with Gasteiger partial charge < -0.3 is 0 Å². The molecular formula is CH6AlBFeTi. The van der Waals surface area contributed by atoms with Crippen molar-refractivity contribution in [1.29, 1.82) is 0 Å². The van der Waals surface area contributed by atoms with E-state index in [4.69, 9.17) is 0 Å². The van der Waals surface area contributed by atoms with Gasteiger partial charge in [-0.1, -0.05) is 6.82 Å². The molecule has 0 aromatic carbocycles. The molecule has 0 saturated heterocycles. The van der Waals surface area contributed by atoms with Gasteiger partial charge in [0.1, 0.15) is 0 Å². The van der Waals surface area contributed by atoms with Gasteiger partial charge in [0, 0.05) is 38.8 Å². The second kappa shape index (κ2) is 40.6. The zero-order valence-corrected chi connectivity index (χ0v) is 5.10. The molecule has 0 rings (SSSR count). The molecule has 2 radical (unpaired) electrons. The first kappa shape index (κ1) is 29.0. The first-order valence-corrected chi connectivity index (χ1v) is 0.577. The Morgan fingerprint density at radius 1 is 1.20 bits per heavy atom. The topological polar surface area (TPSA) is 0 Å². The van der Waals surface area contributed by atoms with E-state index in [1.807, 2.05) is 0 Å². The largest absolute Gasteiger partial charge is 0.187 e. The van der Waals surface area contributed by atoms with Crippen molar-refractivity contribution in [3.63, 3.8) is 0 Å². The van der Waals surface area contributed by atoms with Crippen LogP contribution >= 0.6 is 0 Å². The van der Waals surface area contributed by atoms with Crippen molar-refractivity contribution >= 4 is 25.2 Å². The summed E-state index contributed by atoms with van der Waals surface area (Å²) >= 11 is 0. The number of hydrogen-bond donors (Lipinski definition) is 0. The monoisotopic (exact) mass is 160 g/mol. The fourth-order valence-electron chi connectivity index (χ4n) is 0. The standard InChI is InChI=1S/CH3B.Al.Fe.Ti.3H/c1-2;;;;;;/h1H3;;;;;;. The molecule has 0 aliphatic rings. The molecule has 0 aliphatic carbocycles.